The highest BCUT2D eigenvalue weighted by molar-refractivity contribution is 9.10. The minimum absolute atomic E-state index is 0.386. The van der Waals surface area contributed by atoms with Crippen molar-refractivity contribution in [3.05, 3.63) is 58.6 Å². The van der Waals surface area contributed by atoms with E-state index >= 15 is 0 Å². The van der Waals surface area contributed by atoms with Crippen molar-refractivity contribution in [2.24, 2.45) is 0 Å². The van der Waals surface area contributed by atoms with Gasteiger partial charge in [0.25, 0.3) is 0 Å². The average Bonchev–Trinajstić information content (AvgIpc) is 2.42. The fourth-order valence-corrected chi connectivity index (χ4v) is 3.39. The first-order chi connectivity index (χ1) is 9.20. The Morgan fingerprint density at radius 3 is 2.53 bits per heavy atom. The Morgan fingerprint density at radius 1 is 1.16 bits per heavy atom. The van der Waals surface area contributed by atoms with Crippen molar-refractivity contribution in [1.82, 2.24) is 5.32 Å². The second-order valence-corrected chi connectivity index (χ2v) is 6.35. The number of halogens is 1. The van der Waals surface area contributed by atoms with Gasteiger partial charge in [-0.2, -0.15) is 0 Å². The quantitative estimate of drug-likeness (QED) is 0.798. The van der Waals surface area contributed by atoms with Crippen molar-refractivity contribution in [3.8, 4) is 0 Å². The zero-order chi connectivity index (χ0) is 13.7. The van der Waals surface area contributed by atoms with E-state index in [2.05, 4.69) is 77.6 Å². The summed E-state index contributed by atoms with van der Waals surface area (Å²) in [6.45, 7) is 5.31. The first kappa shape index (κ1) is 14.6. The molecule has 0 heterocycles. The van der Waals surface area contributed by atoms with Crippen LogP contribution >= 0.6 is 27.7 Å². The zero-order valence-electron chi connectivity index (χ0n) is 11.2. The van der Waals surface area contributed by atoms with Gasteiger partial charge in [0.05, 0.1) is 0 Å². The third-order valence-electron chi connectivity index (χ3n) is 2.94. The molecule has 0 fully saturated rings. The van der Waals surface area contributed by atoms with Crippen LogP contribution in [-0.4, -0.2) is 6.54 Å². The lowest BCUT2D eigenvalue weighted by Crippen LogP contribution is -2.17. The van der Waals surface area contributed by atoms with Gasteiger partial charge in [0, 0.05) is 20.3 Å². The van der Waals surface area contributed by atoms with Crippen LogP contribution in [-0.2, 0) is 0 Å². The number of benzene rings is 2. The van der Waals surface area contributed by atoms with E-state index in [1.54, 1.807) is 11.8 Å². The molecule has 100 valence electrons. The number of nitrogens with one attached hydrogen (secondary N) is 1. The van der Waals surface area contributed by atoms with Crippen LogP contribution < -0.4 is 5.32 Å². The molecule has 1 atom stereocenters. The van der Waals surface area contributed by atoms with E-state index < -0.39 is 0 Å². The molecule has 2 aromatic carbocycles. The fourth-order valence-electron chi connectivity index (χ4n) is 1.91. The summed E-state index contributed by atoms with van der Waals surface area (Å²) in [6.07, 6.45) is 0. The van der Waals surface area contributed by atoms with Crippen LogP contribution in [0.15, 0.2) is 62.8 Å². The van der Waals surface area contributed by atoms with Gasteiger partial charge in [-0.15, -0.1) is 0 Å². The highest BCUT2D eigenvalue weighted by Crippen LogP contribution is 2.34. The molecule has 3 heteroatoms. The smallest absolute Gasteiger partial charge is 0.0318 e. The maximum atomic E-state index is 3.68. The van der Waals surface area contributed by atoms with E-state index in [0.717, 1.165) is 11.0 Å². The number of hydrogen-bond acceptors (Lipinski definition) is 2. The average molecular weight is 336 g/mol. The van der Waals surface area contributed by atoms with Crippen LogP contribution in [0.3, 0.4) is 0 Å². The van der Waals surface area contributed by atoms with Gasteiger partial charge in [0.1, 0.15) is 0 Å². The molecule has 0 aliphatic rings. The highest BCUT2D eigenvalue weighted by atomic mass is 79.9. The normalized spacial score (nSPS) is 12.4. The Kier molecular flexibility index (Phi) is 5.49. The van der Waals surface area contributed by atoms with E-state index in [1.165, 1.54) is 15.4 Å². The molecule has 0 aliphatic carbocycles. The van der Waals surface area contributed by atoms with Crippen molar-refractivity contribution < 1.29 is 0 Å². The molecule has 0 aliphatic heterocycles. The summed E-state index contributed by atoms with van der Waals surface area (Å²) in [5.74, 6) is 0. The second-order valence-electron chi connectivity index (χ2n) is 4.38. The van der Waals surface area contributed by atoms with Gasteiger partial charge >= 0.3 is 0 Å². The van der Waals surface area contributed by atoms with Crippen LogP contribution in [0.4, 0.5) is 0 Å². The Bertz CT molecular complexity index is 528. The van der Waals surface area contributed by atoms with Crippen LogP contribution in [0, 0.1) is 0 Å². The van der Waals surface area contributed by atoms with Gasteiger partial charge in [-0.3, -0.25) is 0 Å². The van der Waals surface area contributed by atoms with Gasteiger partial charge in [0.2, 0.25) is 0 Å². The van der Waals surface area contributed by atoms with Gasteiger partial charge in [-0.05, 0) is 59.2 Å². The summed E-state index contributed by atoms with van der Waals surface area (Å²) in [6, 6.07) is 17.4. The number of rotatable bonds is 5. The summed E-state index contributed by atoms with van der Waals surface area (Å²) in [7, 11) is 0. The summed E-state index contributed by atoms with van der Waals surface area (Å²) < 4.78 is 1.16. The minimum atomic E-state index is 0.386. The second kappa shape index (κ2) is 7.13. The standard InChI is InChI=1S/C16H18BrNS/c1-3-18-12(2)13-9-10-16(15(17)11-13)19-14-7-5-4-6-8-14/h4-12,18H,3H2,1-2H3. The third kappa shape index (κ3) is 4.10. The van der Waals surface area contributed by atoms with Gasteiger partial charge in [-0.25, -0.2) is 0 Å². The summed E-state index contributed by atoms with van der Waals surface area (Å²) in [5.41, 5.74) is 1.31. The first-order valence-electron chi connectivity index (χ1n) is 6.46. The van der Waals surface area contributed by atoms with Gasteiger partial charge in [0.15, 0.2) is 0 Å². The first-order valence-corrected chi connectivity index (χ1v) is 8.07. The SMILES string of the molecule is CCNC(C)c1ccc(Sc2ccccc2)c(Br)c1. The summed E-state index contributed by atoms with van der Waals surface area (Å²) in [5, 5.41) is 3.43. The molecule has 1 unspecified atom stereocenters. The monoisotopic (exact) mass is 335 g/mol. The van der Waals surface area contributed by atoms with E-state index in [4.69, 9.17) is 0 Å². The fraction of sp³-hybridized carbons (Fsp3) is 0.250. The van der Waals surface area contributed by atoms with Crippen molar-refractivity contribution in [2.45, 2.75) is 29.7 Å². The molecule has 19 heavy (non-hydrogen) atoms. The lowest BCUT2D eigenvalue weighted by atomic mass is 10.1. The van der Waals surface area contributed by atoms with Crippen molar-refractivity contribution in [2.75, 3.05) is 6.54 Å². The van der Waals surface area contributed by atoms with Crippen LogP contribution in [0.25, 0.3) is 0 Å². The molecule has 0 aromatic heterocycles. The molecule has 0 bridgehead atoms. The van der Waals surface area contributed by atoms with Gasteiger partial charge in [-0.1, -0.05) is 43.0 Å². The Labute approximate surface area is 127 Å². The molecule has 0 amide bonds. The molecular weight excluding hydrogens is 318 g/mol. The molecule has 2 aromatic rings. The molecule has 0 radical (unpaired) electrons. The molecule has 1 nitrogen and oxygen atoms in total. The van der Waals surface area contributed by atoms with Crippen LogP contribution in [0.5, 0.6) is 0 Å². The maximum absolute atomic E-state index is 3.68. The molecule has 0 saturated carbocycles. The van der Waals surface area contributed by atoms with Crippen molar-refractivity contribution in [3.63, 3.8) is 0 Å². The van der Waals surface area contributed by atoms with Crippen molar-refractivity contribution in [1.29, 1.82) is 0 Å². The molecular formula is C16H18BrNS. The van der Waals surface area contributed by atoms with Crippen LogP contribution in [0.2, 0.25) is 0 Å². The predicted octanol–water partition coefficient (Wildman–Crippen LogP) is 5.27. The van der Waals surface area contributed by atoms with E-state index in [1.807, 2.05) is 6.07 Å². The molecule has 0 spiro atoms. The largest absolute Gasteiger partial charge is 0.310 e. The predicted molar refractivity (Wildman–Crippen MR) is 86.8 cm³/mol. The number of hydrogen-bond donors (Lipinski definition) is 1. The third-order valence-corrected chi connectivity index (χ3v) is 4.94. The zero-order valence-corrected chi connectivity index (χ0v) is 13.6. The minimum Gasteiger partial charge on any atom is -0.310 e. The van der Waals surface area contributed by atoms with E-state index in [0.29, 0.717) is 6.04 Å². The molecule has 0 saturated heterocycles. The van der Waals surface area contributed by atoms with Crippen LogP contribution in [0.1, 0.15) is 25.5 Å². The maximum Gasteiger partial charge on any atom is 0.0318 e. The van der Waals surface area contributed by atoms with Crippen molar-refractivity contribution >= 4 is 27.7 Å². The Balaban J connectivity index is 2.15. The summed E-state index contributed by atoms with van der Waals surface area (Å²) in [4.78, 5) is 2.51. The topological polar surface area (TPSA) is 12.0 Å². The van der Waals surface area contributed by atoms with E-state index in [9.17, 15) is 0 Å². The lowest BCUT2D eigenvalue weighted by molar-refractivity contribution is 0.597. The van der Waals surface area contributed by atoms with Gasteiger partial charge < -0.3 is 5.32 Å². The molecule has 1 N–H and O–H groups in total. The van der Waals surface area contributed by atoms with E-state index in [-0.39, 0.29) is 0 Å². The highest BCUT2D eigenvalue weighted by Gasteiger charge is 2.08. The lowest BCUT2D eigenvalue weighted by Gasteiger charge is -2.14. The summed E-state index contributed by atoms with van der Waals surface area (Å²) >= 11 is 5.46. The Morgan fingerprint density at radius 2 is 1.89 bits per heavy atom. The Hall–Kier alpha value is -0.770. The molecule has 2 rings (SSSR count).